The molecule has 1 aromatic heterocycles. The van der Waals surface area contributed by atoms with Crippen molar-refractivity contribution < 1.29 is 9.31 Å². The van der Waals surface area contributed by atoms with Gasteiger partial charge in [0, 0.05) is 31.9 Å². The average Bonchev–Trinajstić information content (AvgIpc) is 2.55. The fraction of sp³-hybridized carbons (Fsp3) is 0.286. The molecule has 0 aliphatic carbocycles. The van der Waals surface area contributed by atoms with Gasteiger partial charge in [0.2, 0.25) is 11.0 Å². The van der Waals surface area contributed by atoms with Gasteiger partial charge in [-0.1, -0.05) is 11.6 Å². The second-order valence-electron chi connectivity index (χ2n) is 5.04. The van der Waals surface area contributed by atoms with E-state index in [1.165, 1.54) is 18.5 Å². The molecule has 0 saturated carbocycles. The molecule has 9 heteroatoms. The molecule has 1 aliphatic heterocycles. The van der Waals surface area contributed by atoms with E-state index >= 15 is 0 Å². The summed E-state index contributed by atoms with van der Waals surface area (Å²) in [5, 5.41) is 11.0. The lowest BCUT2D eigenvalue weighted by Gasteiger charge is -2.36. The van der Waals surface area contributed by atoms with Crippen LogP contribution in [0.25, 0.3) is 0 Å². The fourth-order valence-corrected chi connectivity index (χ4v) is 2.76. The van der Waals surface area contributed by atoms with Gasteiger partial charge < -0.3 is 9.80 Å². The average molecular weight is 338 g/mol. The summed E-state index contributed by atoms with van der Waals surface area (Å²) in [5.41, 5.74) is 0.644. The van der Waals surface area contributed by atoms with Gasteiger partial charge in [-0.3, -0.25) is 10.1 Å². The van der Waals surface area contributed by atoms with Gasteiger partial charge in [0.05, 0.1) is 4.92 Å². The van der Waals surface area contributed by atoms with Gasteiger partial charge >= 0.3 is 5.69 Å². The summed E-state index contributed by atoms with van der Waals surface area (Å²) in [4.78, 5) is 22.2. The molecule has 0 spiro atoms. The van der Waals surface area contributed by atoms with E-state index in [4.69, 9.17) is 11.6 Å². The molecule has 120 valence electrons. The molecule has 0 unspecified atom stereocenters. The summed E-state index contributed by atoms with van der Waals surface area (Å²) in [6.45, 7) is 2.38. The zero-order valence-corrected chi connectivity index (χ0v) is 12.8. The smallest absolute Gasteiger partial charge is 0.348 e. The Balaban J connectivity index is 1.76. The van der Waals surface area contributed by atoms with Gasteiger partial charge in [-0.15, -0.1) is 0 Å². The monoisotopic (exact) mass is 337 g/mol. The van der Waals surface area contributed by atoms with Gasteiger partial charge in [0.1, 0.15) is 12.1 Å². The van der Waals surface area contributed by atoms with Gasteiger partial charge in [0.25, 0.3) is 0 Å². The maximum absolute atomic E-state index is 13.0. The topological polar surface area (TPSA) is 75.4 Å². The Labute approximate surface area is 136 Å². The molecular formula is C14H13ClFN5O2. The molecule has 23 heavy (non-hydrogen) atoms. The predicted molar refractivity (Wildman–Crippen MR) is 84.5 cm³/mol. The van der Waals surface area contributed by atoms with Crippen LogP contribution in [0.5, 0.6) is 0 Å². The first kappa shape index (κ1) is 15.4. The first-order valence-electron chi connectivity index (χ1n) is 6.96. The summed E-state index contributed by atoms with van der Waals surface area (Å²) in [7, 11) is 0. The number of piperazine rings is 1. The SMILES string of the molecule is O=[N+]([O-])c1c(Cl)ncnc1N1CCN(c2ccc(F)cc2)CC1. The first-order valence-corrected chi connectivity index (χ1v) is 7.34. The zero-order chi connectivity index (χ0) is 16.4. The van der Waals surface area contributed by atoms with Crippen LogP contribution in [0.3, 0.4) is 0 Å². The largest absolute Gasteiger partial charge is 0.368 e. The third-order valence-electron chi connectivity index (χ3n) is 3.71. The predicted octanol–water partition coefficient (Wildman–Crippen LogP) is 2.50. The molecule has 2 aromatic rings. The number of nitrogens with zero attached hydrogens (tertiary/aromatic N) is 5. The van der Waals surface area contributed by atoms with E-state index in [9.17, 15) is 14.5 Å². The van der Waals surface area contributed by atoms with Crippen molar-refractivity contribution >= 4 is 28.8 Å². The first-order chi connectivity index (χ1) is 11.1. The summed E-state index contributed by atoms with van der Waals surface area (Å²) >= 11 is 5.82. The van der Waals surface area contributed by atoms with E-state index in [0.717, 1.165) is 5.69 Å². The molecule has 0 radical (unpaired) electrons. The van der Waals surface area contributed by atoms with E-state index in [-0.39, 0.29) is 22.5 Å². The van der Waals surface area contributed by atoms with Crippen molar-refractivity contribution in [3.63, 3.8) is 0 Å². The molecule has 2 heterocycles. The lowest BCUT2D eigenvalue weighted by Crippen LogP contribution is -2.47. The van der Waals surface area contributed by atoms with E-state index in [0.29, 0.717) is 26.2 Å². The number of benzene rings is 1. The quantitative estimate of drug-likeness (QED) is 0.486. The minimum atomic E-state index is -0.565. The summed E-state index contributed by atoms with van der Waals surface area (Å²) in [6.07, 6.45) is 1.22. The highest BCUT2D eigenvalue weighted by molar-refractivity contribution is 6.31. The van der Waals surface area contributed by atoms with Crippen molar-refractivity contribution in [1.29, 1.82) is 0 Å². The zero-order valence-electron chi connectivity index (χ0n) is 12.0. The maximum Gasteiger partial charge on any atom is 0.348 e. The molecule has 1 aliphatic rings. The molecule has 1 aromatic carbocycles. The van der Waals surface area contributed by atoms with E-state index < -0.39 is 4.92 Å². The molecule has 0 atom stereocenters. The molecule has 3 rings (SSSR count). The molecule has 1 fully saturated rings. The van der Waals surface area contributed by atoms with Crippen molar-refractivity contribution in [3.8, 4) is 0 Å². The van der Waals surface area contributed by atoms with Gasteiger partial charge in [0.15, 0.2) is 0 Å². The number of anilines is 2. The molecule has 1 saturated heterocycles. The number of hydrogen-bond acceptors (Lipinski definition) is 6. The Kier molecular flexibility index (Phi) is 4.24. The van der Waals surface area contributed by atoms with Gasteiger partial charge in [-0.05, 0) is 24.3 Å². The van der Waals surface area contributed by atoms with Crippen molar-refractivity contribution in [2.24, 2.45) is 0 Å². The van der Waals surface area contributed by atoms with Gasteiger partial charge in [-0.2, -0.15) is 0 Å². The van der Waals surface area contributed by atoms with Crippen LogP contribution in [0, 0.1) is 15.9 Å². The van der Waals surface area contributed by atoms with Gasteiger partial charge in [-0.25, -0.2) is 14.4 Å². The van der Waals surface area contributed by atoms with Crippen LogP contribution in [0.1, 0.15) is 0 Å². The molecule has 0 bridgehead atoms. The van der Waals surface area contributed by atoms with Crippen molar-refractivity contribution in [1.82, 2.24) is 9.97 Å². The Morgan fingerprint density at radius 2 is 1.70 bits per heavy atom. The molecule has 0 N–H and O–H groups in total. The maximum atomic E-state index is 13.0. The van der Waals surface area contributed by atoms with Crippen LogP contribution in [0.15, 0.2) is 30.6 Å². The number of rotatable bonds is 3. The van der Waals surface area contributed by atoms with Crippen LogP contribution in [-0.2, 0) is 0 Å². The van der Waals surface area contributed by atoms with E-state index in [2.05, 4.69) is 14.9 Å². The Hall–Kier alpha value is -2.48. The standard InChI is InChI=1S/C14H13ClFN5O2/c15-13-12(21(22)23)14(18-9-17-13)20-7-5-19(6-8-20)11-3-1-10(16)2-4-11/h1-4,9H,5-8H2. The van der Waals surface area contributed by atoms with Crippen LogP contribution in [-0.4, -0.2) is 41.1 Å². The number of halogens is 2. The number of aromatic nitrogens is 2. The summed E-state index contributed by atoms with van der Waals surface area (Å²) < 4.78 is 13.0. The Morgan fingerprint density at radius 1 is 1.09 bits per heavy atom. The normalized spacial score (nSPS) is 14.9. The van der Waals surface area contributed by atoms with E-state index in [1.807, 2.05) is 4.90 Å². The van der Waals surface area contributed by atoms with E-state index in [1.54, 1.807) is 12.1 Å². The highest BCUT2D eigenvalue weighted by atomic mass is 35.5. The molecule has 0 amide bonds. The van der Waals surface area contributed by atoms with Crippen molar-refractivity contribution in [2.75, 3.05) is 36.0 Å². The highest BCUT2D eigenvalue weighted by Crippen LogP contribution is 2.32. The minimum absolute atomic E-state index is 0.166. The number of nitro groups is 1. The number of hydrogen-bond donors (Lipinski definition) is 0. The highest BCUT2D eigenvalue weighted by Gasteiger charge is 2.28. The minimum Gasteiger partial charge on any atom is -0.368 e. The van der Waals surface area contributed by atoms with Crippen LogP contribution in [0.2, 0.25) is 5.15 Å². The molecule has 7 nitrogen and oxygen atoms in total. The van der Waals surface area contributed by atoms with Crippen LogP contribution in [0.4, 0.5) is 21.6 Å². The lowest BCUT2D eigenvalue weighted by molar-refractivity contribution is -0.384. The van der Waals surface area contributed by atoms with Crippen molar-refractivity contribution in [3.05, 3.63) is 51.7 Å². The summed E-state index contributed by atoms with van der Waals surface area (Å²) in [5.74, 6) is -0.0487. The van der Waals surface area contributed by atoms with Crippen LogP contribution < -0.4 is 9.80 Å². The third-order valence-corrected chi connectivity index (χ3v) is 3.99. The molecular weight excluding hydrogens is 325 g/mol. The van der Waals surface area contributed by atoms with Crippen LogP contribution >= 0.6 is 11.6 Å². The third kappa shape index (κ3) is 3.16. The second-order valence-corrected chi connectivity index (χ2v) is 5.40. The Morgan fingerprint density at radius 3 is 2.30 bits per heavy atom. The Bertz CT molecular complexity index is 720. The lowest BCUT2D eigenvalue weighted by atomic mass is 10.2. The fourth-order valence-electron chi connectivity index (χ4n) is 2.57. The summed E-state index contributed by atoms with van der Waals surface area (Å²) in [6, 6.07) is 6.26. The van der Waals surface area contributed by atoms with Crippen molar-refractivity contribution in [2.45, 2.75) is 0 Å². The second kappa shape index (κ2) is 6.33.